The van der Waals surface area contributed by atoms with Gasteiger partial charge in [-0.3, -0.25) is 4.79 Å². The van der Waals surface area contributed by atoms with Crippen molar-refractivity contribution in [3.05, 3.63) is 60.2 Å². The molecule has 2 aliphatic rings. The minimum atomic E-state index is -0.113. The number of anilines is 2. The molecule has 7 nitrogen and oxygen atoms in total. The lowest BCUT2D eigenvalue weighted by Crippen LogP contribution is -2.41. The first-order valence-electron chi connectivity index (χ1n) is 10.5. The number of ether oxygens (including phenoxy) is 2. The van der Waals surface area contributed by atoms with E-state index in [1.807, 2.05) is 36.4 Å². The molecule has 5 rings (SSSR count). The Bertz CT molecular complexity index is 1100. The van der Waals surface area contributed by atoms with Crippen molar-refractivity contribution in [2.75, 3.05) is 30.1 Å². The number of benzene rings is 2. The van der Waals surface area contributed by atoms with Crippen molar-refractivity contribution in [1.82, 2.24) is 10.2 Å². The lowest BCUT2D eigenvalue weighted by atomic mass is 9.97. The van der Waals surface area contributed by atoms with E-state index in [1.54, 1.807) is 6.07 Å². The molecular weight excluding hydrogens is 392 g/mol. The molecular formula is C24H24N4O3. The highest BCUT2D eigenvalue weighted by molar-refractivity contribution is 5.93. The highest BCUT2D eigenvalue weighted by Gasteiger charge is 2.27. The number of piperidine rings is 1. The molecule has 1 fully saturated rings. The fourth-order valence-corrected chi connectivity index (χ4v) is 4.07. The molecule has 0 radical (unpaired) electrons. The number of aryl methyl sites for hydroxylation is 1. The van der Waals surface area contributed by atoms with E-state index < -0.39 is 0 Å². The first-order chi connectivity index (χ1) is 15.2. The summed E-state index contributed by atoms with van der Waals surface area (Å²) in [5.41, 5.74) is 3.81. The van der Waals surface area contributed by atoms with Gasteiger partial charge in [0.25, 0.3) is 0 Å². The number of amides is 1. The van der Waals surface area contributed by atoms with Crippen LogP contribution in [0, 0.1) is 12.8 Å². The third kappa shape index (κ3) is 4.17. The monoisotopic (exact) mass is 416 g/mol. The zero-order chi connectivity index (χ0) is 21.2. The standard InChI is InChI=1S/C24H24N4O3/c1-16-4-2-5-17(12-16)20-8-10-23(27-26-20)28-11-3-6-18(14-28)24(29)25-19-7-9-21-22(13-19)31-15-30-21/h2,4-5,7-10,12-13,18H,3,6,11,14-15H2,1H3,(H,25,29)/t18-/m0/s1. The van der Waals surface area contributed by atoms with Gasteiger partial charge in [0.1, 0.15) is 0 Å². The predicted molar refractivity (Wildman–Crippen MR) is 118 cm³/mol. The molecule has 0 aliphatic carbocycles. The van der Waals surface area contributed by atoms with Gasteiger partial charge in [-0.05, 0) is 50.1 Å². The van der Waals surface area contributed by atoms with E-state index in [0.29, 0.717) is 23.7 Å². The summed E-state index contributed by atoms with van der Waals surface area (Å²) in [5, 5.41) is 11.9. The van der Waals surface area contributed by atoms with Crippen molar-refractivity contribution in [3.63, 3.8) is 0 Å². The lowest BCUT2D eigenvalue weighted by molar-refractivity contribution is -0.120. The molecule has 2 aliphatic heterocycles. The number of hydrogen-bond acceptors (Lipinski definition) is 6. The second-order valence-electron chi connectivity index (χ2n) is 7.99. The van der Waals surface area contributed by atoms with Gasteiger partial charge in [0.05, 0.1) is 11.6 Å². The van der Waals surface area contributed by atoms with Gasteiger partial charge in [-0.15, -0.1) is 10.2 Å². The number of hydrogen-bond donors (Lipinski definition) is 1. The average Bonchev–Trinajstić information content (AvgIpc) is 3.27. The van der Waals surface area contributed by atoms with Crippen LogP contribution in [-0.2, 0) is 4.79 Å². The quantitative estimate of drug-likeness (QED) is 0.692. The number of nitrogens with one attached hydrogen (secondary N) is 1. The summed E-state index contributed by atoms with van der Waals surface area (Å²) < 4.78 is 10.7. The molecule has 3 heterocycles. The van der Waals surface area contributed by atoms with Crippen LogP contribution in [0.3, 0.4) is 0 Å². The molecule has 31 heavy (non-hydrogen) atoms. The number of carbonyl (C=O) groups excluding carboxylic acids is 1. The van der Waals surface area contributed by atoms with Crippen LogP contribution in [0.15, 0.2) is 54.6 Å². The summed E-state index contributed by atoms with van der Waals surface area (Å²) in [5.74, 6) is 2.06. The fraction of sp³-hybridized carbons (Fsp3) is 0.292. The van der Waals surface area contributed by atoms with E-state index in [9.17, 15) is 4.79 Å². The summed E-state index contributed by atoms with van der Waals surface area (Å²) in [6.45, 7) is 3.77. The second kappa shape index (κ2) is 8.26. The minimum Gasteiger partial charge on any atom is -0.454 e. The Labute approximate surface area is 181 Å². The molecule has 1 aromatic heterocycles. The van der Waals surface area contributed by atoms with Gasteiger partial charge in [0, 0.05) is 30.4 Å². The summed E-state index contributed by atoms with van der Waals surface area (Å²) >= 11 is 0. The SMILES string of the molecule is Cc1cccc(-c2ccc(N3CCC[C@H](C(=O)Nc4ccc5c(c4)OCO5)C3)nn2)c1. The molecule has 1 atom stereocenters. The number of nitrogens with zero attached hydrogens (tertiary/aromatic N) is 3. The highest BCUT2D eigenvalue weighted by Crippen LogP contribution is 2.34. The van der Waals surface area contributed by atoms with Crippen LogP contribution < -0.4 is 19.7 Å². The number of aromatic nitrogens is 2. The van der Waals surface area contributed by atoms with Crippen molar-refractivity contribution in [2.45, 2.75) is 19.8 Å². The summed E-state index contributed by atoms with van der Waals surface area (Å²) in [7, 11) is 0. The normalized spacial score (nSPS) is 17.5. The van der Waals surface area contributed by atoms with Crippen LogP contribution >= 0.6 is 0 Å². The van der Waals surface area contributed by atoms with Crippen molar-refractivity contribution in [1.29, 1.82) is 0 Å². The molecule has 1 amide bonds. The number of carbonyl (C=O) groups is 1. The van der Waals surface area contributed by atoms with Crippen LogP contribution in [-0.4, -0.2) is 36.0 Å². The molecule has 2 aromatic carbocycles. The van der Waals surface area contributed by atoms with Gasteiger partial charge >= 0.3 is 0 Å². The Balaban J connectivity index is 1.25. The van der Waals surface area contributed by atoms with Gasteiger partial charge in [0.2, 0.25) is 12.7 Å². The fourth-order valence-electron chi connectivity index (χ4n) is 4.07. The largest absolute Gasteiger partial charge is 0.454 e. The van der Waals surface area contributed by atoms with E-state index in [-0.39, 0.29) is 18.6 Å². The molecule has 0 saturated carbocycles. The smallest absolute Gasteiger partial charge is 0.231 e. The zero-order valence-electron chi connectivity index (χ0n) is 17.4. The van der Waals surface area contributed by atoms with Gasteiger partial charge in [-0.25, -0.2) is 0 Å². The van der Waals surface area contributed by atoms with Crippen molar-refractivity contribution in [3.8, 4) is 22.8 Å². The van der Waals surface area contributed by atoms with E-state index >= 15 is 0 Å². The van der Waals surface area contributed by atoms with E-state index in [0.717, 1.165) is 36.5 Å². The van der Waals surface area contributed by atoms with E-state index in [2.05, 4.69) is 39.5 Å². The van der Waals surface area contributed by atoms with E-state index in [4.69, 9.17) is 9.47 Å². The number of fused-ring (bicyclic) bond motifs is 1. The minimum absolute atomic E-state index is 0.00732. The van der Waals surface area contributed by atoms with Crippen LogP contribution in [0.25, 0.3) is 11.3 Å². The van der Waals surface area contributed by atoms with Gasteiger partial charge in [-0.1, -0.05) is 23.8 Å². The second-order valence-corrected chi connectivity index (χ2v) is 7.99. The Hall–Kier alpha value is -3.61. The third-order valence-electron chi connectivity index (χ3n) is 5.72. The zero-order valence-corrected chi connectivity index (χ0v) is 17.4. The van der Waals surface area contributed by atoms with Crippen molar-refractivity contribution < 1.29 is 14.3 Å². The molecule has 3 aromatic rings. The van der Waals surface area contributed by atoms with E-state index in [1.165, 1.54) is 5.56 Å². The lowest BCUT2D eigenvalue weighted by Gasteiger charge is -2.32. The maximum atomic E-state index is 12.9. The van der Waals surface area contributed by atoms with Gasteiger partial charge < -0.3 is 19.7 Å². The van der Waals surface area contributed by atoms with Crippen molar-refractivity contribution >= 4 is 17.4 Å². The summed E-state index contributed by atoms with van der Waals surface area (Å²) in [6.07, 6.45) is 1.78. The Morgan fingerprint density at radius 1 is 1.06 bits per heavy atom. The van der Waals surface area contributed by atoms with Gasteiger partial charge in [0.15, 0.2) is 17.3 Å². The van der Waals surface area contributed by atoms with Gasteiger partial charge in [-0.2, -0.15) is 0 Å². The number of rotatable bonds is 4. The third-order valence-corrected chi connectivity index (χ3v) is 5.72. The predicted octanol–water partition coefficient (Wildman–Crippen LogP) is 4.04. The molecule has 0 unspecified atom stereocenters. The summed E-state index contributed by atoms with van der Waals surface area (Å²) in [6, 6.07) is 17.7. The highest BCUT2D eigenvalue weighted by atomic mass is 16.7. The Morgan fingerprint density at radius 3 is 2.81 bits per heavy atom. The maximum absolute atomic E-state index is 12.9. The van der Waals surface area contributed by atoms with Crippen molar-refractivity contribution in [2.24, 2.45) is 5.92 Å². The first kappa shape index (κ1) is 19.4. The van der Waals surface area contributed by atoms with Crippen LogP contribution in [0.4, 0.5) is 11.5 Å². The molecule has 0 spiro atoms. The molecule has 158 valence electrons. The maximum Gasteiger partial charge on any atom is 0.231 e. The Kier molecular flexibility index (Phi) is 5.16. The first-order valence-corrected chi connectivity index (χ1v) is 10.5. The topological polar surface area (TPSA) is 76.6 Å². The van der Waals surface area contributed by atoms with Crippen LogP contribution in [0.2, 0.25) is 0 Å². The molecule has 1 saturated heterocycles. The van der Waals surface area contributed by atoms with Crippen LogP contribution in [0.1, 0.15) is 18.4 Å². The van der Waals surface area contributed by atoms with Crippen LogP contribution in [0.5, 0.6) is 11.5 Å². The Morgan fingerprint density at radius 2 is 1.97 bits per heavy atom. The molecule has 1 N–H and O–H groups in total. The molecule has 7 heteroatoms. The average molecular weight is 416 g/mol. The summed E-state index contributed by atoms with van der Waals surface area (Å²) in [4.78, 5) is 15.0. The molecule has 0 bridgehead atoms.